The average molecular weight is 525 g/mol. The van der Waals surface area contributed by atoms with Crippen molar-refractivity contribution in [3.63, 3.8) is 0 Å². The number of hydrogen-bond donors (Lipinski definition) is 3. The predicted molar refractivity (Wildman–Crippen MR) is 144 cm³/mol. The zero-order valence-electron chi connectivity index (χ0n) is 21.3. The molecular formula is C27H33FN6O2S. The van der Waals surface area contributed by atoms with Crippen LogP contribution in [0.4, 0.5) is 15.9 Å². The molecule has 1 spiro atoms. The molecule has 3 aromatic heterocycles. The summed E-state index contributed by atoms with van der Waals surface area (Å²) in [5, 5.41) is 3.96. The van der Waals surface area contributed by atoms with E-state index in [0.29, 0.717) is 48.9 Å². The van der Waals surface area contributed by atoms with Crippen LogP contribution in [0.25, 0.3) is 10.2 Å². The number of aryl methyl sites for hydroxylation is 3. The summed E-state index contributed by atoms with van der Waals surface area (Å²) in [5.41, 5.74) is 16.9. The van der Waals surface area contributed by atoms with E-state index in [4.69, 9.17) is 21.2 Å². The number of carbonyl (C=O) groups is 1. The standard InChI is InChI=1S/C27H33FN6O2S/c1-14-8-15(2)31-26-21(14)22(30)23(37-26)25(35)32-17-4-5-19-16(9-17)10-18(28)24(33-19)34-11-20(29)27(12-34)6-3-7-36-13-27/h8,10,17,20H,3-7,9,11-13,29-30H2,1-2H3,(H,32,35). The van der Waals surface area contributed by atoms with E-state index in [0.717, 1.165) is 58.6 Å². The monoisotopic (exact) mass is 524 g/mol. The third kappa shape index (κ3) is 4.24. The van der Waals surface area contributed by atoms with Crippen LogP contribution in [-0.4, -0.2) is 54.3 Å². The topological polar surface area (TPSA) is 119 Å². The molecule has 10 heteroatoms. The molecule has 196 valence electrons. The fraction of sp³-hybridized carbons (Fsp3) is 0.519. The second-order valence-electron chi connectivity index (χ2n) is 10.9. The lowest BCUT2D eigenvalue weighted by atomic mass is 9.79. The van der Waals surface area contributed by atoms with Crippen LogP contribution in [-0.2, 0) is 17.6 Å². The zero-order valence-corrected chi connectivity index (χ0v) is 22.1. The van der Waals surface area contributed by atoms with E-state index < -0.39 is 0 Å². The molecule has 0 bridgehead atoms. The number of nitrogens with one attached hydrogen (secondary N) is 1. The van der Waals surface area contributed by atoms with Crippen molar-refractivity contribution in [2.45, 2.75) is 58.0 Å². The number of nitrogens with two attached hydrogens (primary N) is 2. The van der Waals surface area contributed by atoms with E-state index in [-0.39, 0.29) is 29.2 Å². The van der Waals surface area contributed by atoms with Crippen LogP contribution < -0.4 is 21.7 Å². The van der Waals surface area contributed by atoms with Crippen molar-refractivity contribution in [3.05, 3.63) is 45.3 Å². The van der Waals surface area contributed by atoms with E-state index in [1.807, 2.05) is 24.8 Å². The largest absolute Gasteiger partial charge is 0.397 e. The van der Waals surface area contributed by atoms with Gasteiger partial charge in [-0.2, -0.15) is 0 Å². The van der Waals surface area contributed by atoms with E-state index in [1.165, 1.54) is 11.3 Å². The van der Waals surface area contributed by atoms with Gasteiger partial charge in [-0.15, -0.1) is 11.3 Å². The van der Waals surface area contributed by atoms with Crippen LogP contribution in [0, 0.1) is 25.1 Å². The van der Waals surface area contributed by atoms with Gasteiger partial charge in [0, 0.05) is 54.0 Å². The highest BCUT2D eigenvalue weighted by Crippen LogP contribution is 2.40. The van der Waals surface area contributed by atoms with Gasteiger partial charge in [0.05, 0.1) is 12.3 Å². The summed E-state index contributed by atoms with van der Waals surface area (Å²) in [7, 11) is 0. The van der Waals surface area contributed by atoms with Crippen LogP contribution in [0.3, 0.4) is 0 Å². The molecule has 2 fully saturated rings. The highest BCUT2D eigenvalue weighted by atomic mass is 32.1. The van der Waals surface area contributed by atoms with Crippen LogP contribution in [0.1, 0.15) is 51.4 Å². The molecule has 2 saturated heterocycles. The fourth-order valence-corrected chi connectivity index (χ4v) is 7.42. The van der Waals surface area contributed by atoms with Crippen molar-refractivity contribution in [2.24, 2.45) is 11.1 Å². The molecule has 5 N–H and O–H groups in total. The Bertz CT molecular complexity index is 1390. The predicted octanol–water partition coefficient (Wildman–Crippen LogP) is 3.26. The molecule has 3 aromatic rings. The molecule has 5 heterocycles. The van der Waals surface area contributed by atoms with Gasteiger partial charge in [-0.05, 0) is 69.2 Å². The van der Waals surface area contributed by atoms with E-state index >= 15 is 4.39 Å². The third-order valence-electron chi connectivity index (χ3n) is 8.25. The number of carbonyl (C=O) groups excluding carboxylic acids is 1. The fourth-order valence-electron chi connectivity index (χ4n) is 6.30. The Hall–Kier alpha value is -2.82. The third-order valence-corrected chi connectivity index (χ3v) is 9.35. The van der Waals surface area contributed by atoms with Crippen molar-refractivity contribution >= 4 is 39.0 Å². The summed E-state index contributed by atoms with van der Waals surface area (Å²) in [6, 6.07) is 3.39. The van der Waals surface area contributed by atoms with Gasteiger partial charge in [0.2, 0.25) is 0 Å². The first-order valence-corrected chi connectivity index (χ1v) is 13.8. The summed E-state index contributed by atoms with van der Waals surface area (Å²) >= 11 is 1.32. The number of thiophene rings is 1. The summed E-state index contributed by atoms with van der Waals surface area (Å²) in [6.45, 7) is 6.55. The summed E-state index contributed by atoms with van der Waals surface area (Å²) < 4.78 is 21.1. The Morgan fingerprint density at radius 2 is 2.16 bits per heavy atom. The molecule has 1 aliphatic carbocycles. The van der Waals surface area contributed by atoms with Gasteiger partial charge in [-0.3, -0.25) is 4.79 Å². The van der Waals surface area contributed by atoms with Gasteiger partial charge in [0.1, 0.15) is 9.71 Å². The maximum Gasteiger partial charge on any atom is 0.263 e. The van der Waals surface area contributed by atoms with Crippen molar-refractivity contribution < 1.29 is 13.9 Å². The highest BCUT2D eigenvalue weighted by Gasteiger charge is 2.47. The quantitative estimate of drug-likeness (QED) is 0.481. The molecule has 1 amide bonds. The Balaban J connectivity index is 1.18. The van der Waals surface area contributed by atoms with Crippen molar-refractivity contribution in [3.8, 4) is 0 Å². The minimum absolute atomic E-state index is 0.0612. The van der Waals surface area contributed by atoms with Gasteiger partial charge < -0.3 is 26.4 Å². The molecule has 3 unspecified atom stereocenters. The number of fused-ring (bicyclic) bond motifs is 2. The molecule has 2 aliphatic heterocycles. The summed E-state index contributed by atoms with van der Waals surface area (Å²) in [5.74, 6) is -0.158. The highest BCUT2D eigenvalue weighted by molar-refractivity contribution is 7.21. The average Bonchev–Trinajstić information content (AvgIpc) is 3.35. The molecule has 3 aliphatic rings. The van der Waals surface area contributed by atoms with Crippen LogP contribution in [0.2, 0.25) is 0 Å². The first-order chi connectivity index (χ1) is 17.7. The van der Waals surface area contributed by atoms with Crippen molar-refractivity contribution in [2.75, 3.05) is 36.9 Å². The minimum Gasteiger partial charge on any atom is -0.397 e. The van der Waals surface area contributed by atoms with Crippen LogP contribution in [0.15, 0.2) is 12.1 Å². The lowest BCUT2D eigenvalue weighted by Gasteiger charge is -2.36. The smallest absolute Gasteiger partial charge is 0.263 e. The maximum atomic E-state index is 15.3. The number of rotatable bonds is 3. The first-order valence-electron chi connectivity index (χ1n) is 13.0. The molecular weight excluding hydrogens is 491 g/mol. The van der Waals surface area contributed by atoms with Crippen LogP contribution in [0.5, 0.6) is 0 Å². The number of aromatic nitrogens is 2. The Labute approximate surface area is 219 Å². The number of nitrogen functional groups attached to an aromatic ring is 1. The molecule has 6 rings (SSSR count). The number of hydrogen-bond acceptors (Lipinski definition) is 8. The second kappa shape index (κ2) is 9.18. The SMILES string of the molecule is Cc1cc(C)c2c(N)c(C(=O)NC3CCc4nc(N5CC(N)C6(CCCOC6)C5)c(F)cc4C3)sc2n1. The number of halogens is 1. The zero-order chi connectivity index (χ0) is 25.9. The number of amides is 1. The molecule has 0 aromatic carbocycles. The number of anilines is 2. The van der Waals surface area contributed by atoms with E-state index in [2.05, 4.69) is 10.3 Å². The van der Waals surface area contributed by atoms with Crippen molar-refractivity contribution in [1.29, 1.82) is 0 Å². The molecule has 37 heavy (non-hydrogen) atoms. The normalized spacial score (nSPS) is 25.6. The Kier molecular flexibility index (Phi) is 6.08. The van der Waals surface area contributed by atoms with E-state index in [1.54, 1.807) is 6.07 Å². The number of nitrogens with zero attached hydrogens (tertiary/aromatic N) is 3. The summed E-state index contributed by atoms with van der Waals surface area (Å²) in [6.07, 6.45) is 3.91. The molecule has 0 saturated carbocycles. The van der Waals surface area contributed by atoms with Gasteiger partial charge in [-0.1, -0.05) is 0 Å². The van der Waals surface area contributed by atoms with Crippen molar-refractivity contribution in [1.82, 2.24) is 15.3 Å². The lowest BCUT2D eigenvalue weighted by molar-refractivity contribution is -0.00346. The van der Waals surface area contributed by atoms with Crippen LogP contribution >= 0.6 is 11.3 Å². The van der Waals surface area contributed by atoms with E-state index in [9.17, 15) is 4.79 Å². The number of ether oxygens (including phenoxy) is 1. The maximum absolute atomic E-state index is 15.3. The Morgan fingerprint density at radius 1 is 1.32 bits per heavy atom. The molecule has 8 nitrogen and oxygen atoms in total. The first kappa shape index (κ1) is 24.5. The van der Waals surface area contributed by atoms with Gasteiger partial charge in [0.25, 0.3) is 5.91 Å². The van der Waals surface area contributed by atoms with Gasteiger partial charge in [0.15, 0.2) is 11.6 Å². The second-order valence-corrected chi connectivity index (χ2v) is 11.9. The minimum atomic E-state index is -0.336. The van der Waals surface area contributed by atoms with Gasteiger partial charge in [-0.25, -0.2) is 14.4 Å². The van der Waals surface area contributed by atoms with Gasteiger partial charge >= 0.3 is 0 Å². The summed E-state index contributed by atoms with van der Waals surface area (Å²) in [4.78, 5) is 25.7. The molecule has 3 atom stereocenters. The lowest BCUT2D eigenvalue weighted by Crippen LogP contribution is -2.46. The Morgan fingerprint density at radius 3 is 2.95 bits per heavy atom. The number of pyridine rings is 2. The molecule has 0 radical (unpaired) electrons.